The zero-order chi connectivity index (χ0) is 9.47. The molecule has 0 saturated heterocycles. The van der Waals surface area contributed by atoms with Crippen LogP contribution in [0.5, 0.6) is 0 Å². The summed E-state index contributed by atoms with van der Waals surface area (Å²) in [7, 11) is 0. The highest BCUT2D eigenvalue weighted by Crippen LogP contribution is 2.51. The van der Waals surface area contributed by atoms with Crippen molar-refractivity contribution in [2.75, 3.05) is 6.61 Å². The van der Waals surface area contributed by atoms with E-state index in [-0.39, 0.29) is 12.0 Å². The highest BCUT2D eigenvalue weighted by molar-refractivity contribution is 6.31. The van der Waals surface area contributed by atoms with Crippen LogP contribution in [0, 0.1) is 6.92 Å². The number of aliphatic hydroxyl groups excluding tert-OH is 1. The van der Waals surface area contributed by atoms with E-state index in [1.54, 1.807) is 0 Å². The Morgan fingerprint density at radius 3 is 2.62 bits per heavy atom. The van der Waals surface area contributed by atoms with Crippen molar-refractivity contribution in [3.8, 4) is 0 Å². The Balaban J connectivity index is 2.50. The molecule has 0 radical (unpaired) electrons. The van der Waals surface area contributed by atoms with Gasteiger partial charge in [0.05, 0.1) is 6.61 Å². The predicted octanol–water partition coefficient (Wildman–Crippen LogP) is 2.67. The first kappa shape index (κ1) is 9.04. The molecule has 1 saturated carbocycles. The Hall–Kier alpha value is -0.530. The summed E-state index contributed by atoms with van der Waals surface area (Å²) in [5, 5.41) is 10.1. The Bertz CT molecular complexity index is 309. The average Bonchev–Trinajstić information content (AvgIpc) is 2.85. The molecule has 1 fully saturated rings. The second-order valence-electron chi connectivity index (χ2n) is 3.87. The molecule has 0 aliphatic heterocycles. The summed E-state index contributed by atoms with van der Waals surface area (Å²) in [5.41, 5.74) is 2.33. The highest BCUT2D eigenvalue weighted by atomic mass is 35.5. The second kappa shape index (κ2) is 3.00. The molecule has 1 aromatic carbocycles. The number of aliphatic hydroxyl groups is 1. The summed E-state index contributed by atoms with van der Waals surface area (Å²) in [5.74, 6) is 0. The molecule has 0 heterocycles. The Kier molecular flexibility index (Phi) is 2.09. The fraction of sp³-hybridized carbons (Fsp3) is 0.455. The molecule has 70 valence electrons. The minimum Gasteiger partial charge on any atom is -0.395 e. The summed E-state index contributed by atoms with van der Waals surface area (Å²) < 4.78 is 0. The van der Waals surface area contributed by atoms with Gasteiger partial charge >= 0.3 is 0 Å². The van der Waals surface area contributed by atoms with E-state index in [0.29, 0.717) is 0 Å². The number of halogens is 1. The minimum atomic E-state index is -0.0115. The van der Waals surface area contributed by atoms with Gasteiger partial charge in [0, 0.05) is 10.4 Å². The quantitative estimate of drug-likeness (QED) is 0.771. The van der Waals surface area contributed by atoms with Crippen LogP contribution in [0.3, 0.4) is 0 Å². The van der Waals surface area contributed by atoms with E-state index in [2.05, 4.69) is 13.0 Å². The first-order valence-electron chi connectivity index (χ1n) is 4.56. The molecule has 0 unspecified atom stereocenters. The molecule has 1 aliphatic rings. The zero-order valence-electron chi connectivity index (χ0n) is 7.68. The number of hydrogen-bond acceptors (Lipinski definition) is 1. The molecule has 1 aromatic rings. The van der Waals surface area contributed by atoms with E-state index < -0.39 is 0 Å². The lowest BCUT2D eigenvalue weighted by Gasteiger charge is -2.16. The van der Waals surface area contributed by atoms with Gasteiger partial charge in [0.15, 0.2) is 0 Å². The van der Waals surface area contributed by atoms with Crippen molar-refractivity contribution in [1.82, 2.24) is 0 Å². The monoisotopic (exact) mass is 196 g/mol. The summed E-state index contributed by atoms with van der Waals surface area (Å²) in [6, 6.07) is 5.91. The number of aryl methyl sites for hydroxylation is 1. The fourth-order valence-corrected chi connectivity index (χ4v) is 2.36. The van der Waals surface area contributed by atoms with Gasteiger partial charge in [0.25, 0.3) is 0 Å². The largest absolute Gasteiger partial charge is 0.395 e. The van der Waals surface area contributed by atoms with Crippen molar-refractivity contribution in [1.29, 1.82) is 0 Å². The molecule has 2 heteroatoms. The summed E-state index contributed by atoms with van der Waals surface area (Å²) >= 11 is 6.12. The molecule has 1 N–H and O–H groups in total. The topological polar surface area (TPSA) is 20.2 Å². The molecule has 1 aliphatic carbocycles. The third-order valence-electron chi connectivity index (χ3n) is 2.91. The average molecular weight is 197 g/mol. The van der Waals surface area contributed by atoms with Crippen LogP contribution >= 0.6 is 11.6 Å². The summed E-state index contributed by atoms with van der Waals surface area (Å²) in [6.45, 7) is 2.27. The molecule has 2 rings (SSSR count). The van der Waals surface area contributed by atoms with Gasteiger partial charge in [-0.3, -0.25) is 0 Å². The smallest absolute Gasteiger partial charge is 0.0528 e. The van der Waals surface area contributed by atoms with Gasteiger partial charge < -0.3 is 5.11 Å². The zero-order valence-corrected chi connectivity index (χ0v) is 8.43. The third-order valence-corrected chi connectivity index (χ3v) is 3.22. The van der Waals surface area contributed by atoms with Gasteiger partial charge in [-0.1, -0.05) is 23.7 Å². The van der Waals surface area contributed by atoms with E-state index in [1.165, 1.54) is 5.56 Å². The van der Waals surface area contributed by atoms with Gasteiger partial charge in [-0.05, 0) is 37.0 Å². The highest BCUT2D eigenvalue weighted by Gasteiger charge is 2.45. The van der Waals surface area contributed by atoms with Crippen LogP contribution in [0.4, 0.5) is 0 Å². The SMILES string of the molecule is Cc1cccc(Cl)c1C1(CO)CC1. The van der Waals surface area contributed by atoms with Gasteiger partial charge in [0.2, 0.25) is 0 Å². The van der Waals surface area contributed by atoms with E-state index in [0.717, 1.165) is 23.4 Å². The van der Waals surface area contributed by atoms with E-state index in [1.807, 2.05) is 12.1 Å². The normalized spacial score (nSPS) is 18.7. The lowest BCUT2D eigenvalue weighted by Crippen LogP contribution is -2.14. The number of hydrogen-bond donors (Lipinski definition) is 1. The van der Waals surface area contributed by atoms with Gasteiger partial charge in [0.1, 0.15) is 0 Å². The minimum absolute atomic E-state index is 0.0115. The van der Waals surface area contributed by atoms with Crippen LogP contribution in [0.15, 0.2) is 18.2 Å². The molecule has 0 atom stereocenters. The molecular formula is C11H13ClO. The predicted molar refractivity (Wildman–Crippen MR) is 54.2 cm³/mol. The number of benzene rings is 1. The van der Waals surface area contributed by atoms with Crippen LogP contribution in [-0.2, 0) is 5.41 Å². The Morgan fingerprint density at radius 2 is 2.15 bits per heavy atom. The molecule has 0 aromatic heterocycles. The third kappa shape index (κ3) is 1.36. The maximum absolute atomic E-state index is 9.30. The van der Waals surface area contributed by atoms with Crippen LogP contribution in [0.1, 0.15) is 24.0 Å². The van der Waals surface area contributed by atoms with Crippen LogP contribution in [-0.4, -0.2) is 11.7 Å². The van der Waals surface area contributed by atoms with Crippen LogP contribution < -0.4 is 0 Å². The van der Waals surface area contributed by atoms with Crippen LogP contribution in [0.25, 0.3) is 0 Å². The van der Waals surface area contributed by atoms with Crippen molar-refractivity contribution in [3.05, 3.63) is 34.3 Å². The maximum Gasteiger partial charge on any atom is 0.0528 e. The second-order valence-corrected chi connectivity index (χ2v) is 4.28. The van der Waals surface area contributed by atoms with E-state index in [4.69, 9.17) is 11.6 Å². The Labute approximate surface area is 83.3 Å². The van der Waals surface area contributed by atoms with Crippen molar-refractivity contribution in [3.63, 3.8) is 0 Å². The first-order valence-corrected chi connectivity index (χ1v) is 4.94. The summed E-state index contributed by atoms with van der Waals surface area (Å²) in [4.78, 5) is 0. The van der Waals surface area contributed by atoms with Crippen molar-refractivity contribution in [2.45, 2.75) is 25.2 Å². The van der Waals surface area contributed by atoms with Crippen LogP contribution in [0.2, 0.25) is 5.02 Å². The molecule has 1 nitrogen and oxygen atoms in total. The molecule has 0 spiro atoms. The maximum atomic E-state index is 9.30. The van der Waals surface area contributed by atoms with Crippen molar-refractivity contribution in [2.24, 2.45) is 0 Å². The molecular weight excluding hydrogens is 184 g/mol. The fourth-order valence-electron chi connectivity index (χ4n) is 1.94. The van der Waals surface area contributed by atoms with Gasteiger partial charge in [-0.2, -0.15) is 0 Å². The van der Waals surface area contributed by atoms with E-state index in [9.17, 15) is 5.11 Å². The van der Waals surface area contributed by atoms with Crippen molar-refractivity contribution < 1.29 is 5.11 Å². The molecule has 0 amide bonds. The van der Waals surface area contributed by atoms with E-state index >= 15 is 0 Å². The molecule has 0 bridgehead atoms. The lowest BCUT2D eigenvalue weighted by atomic mass is 9.93. The molecule has 13 heavy (non-hydrogen) atoms. The Morgan fingerprint density at radius 1 is 1.46 bits per heavy atom. The van der Waals surface area contributed by atoms with Gasteiger partial charge in [-0.25, -0.2) is 0 Å². The standard InChI is InChI=1S/C11H13ClO/c1-8-3-2-4-9(12)10(8)11(7-13)5-6-11/h2-4,13H,5-7H2,1H3. The number of rotatable bonds is 2. The first-order chi connectivity index (χ1) is 6.19. The van der Waals surface area contributed by atoms with Gasteiger partial charge in [-0.15, -0.1) is 0 Å². The lowest BCUT2D eigenvalue weighted by molar-refractivity contribution is 0.254. The van der Waals surface area contributed by atoms with Crippen molar-refractivity contribution >= 4 is 11.6 Å². The summed E-state index contributed by atoms with van der Waals surface area (Å²) in [6.07, 6.45) is 2.13.